The first-order valence-electron chi connectivity index (χ1n) is 6.83. The zero-order valence-corrected chi connectivity index (χ0v) is 14.9. The molecule has 0 aliphatic carbocycles. The van der Waals surface area contributed by atoms with Gasteiger partial charge in [-0.15, -0.1) is 0 Å². The highest BCUT2D eigenvalue weighted by Crippen LogP contribution is 2.45. The molecule has 1 atom stereocenters. The number of halogens is 3. The molecular formula is C16H21F2IO2. The molecule has 0 fully saturated rings. The minimum Gasteiger partial charge on any atom is -0.468 e. The number of carbonyl (C=O) groups is 1. The van der Waals surface area contributed by atoms with Crippen molar-refractivity contribution in [3.63, 3.8) is 0 Å². The van der Waals surface area contributed by atoms with Crippen LogP contribution in [0.15, 0.2) is 24.3 Å². The standard InChI is InChI=1S/C16H21F2IO2/c1-11(2)9-12-5-7-13(8-6-12)10-15(3,14(20)21-4)16(17,18)19/h5-8,11H,9-10H2,1-4H3. The summed E-state index contributed by atoms with van der Waals surface area (Å²) < 4.78 is 29.0. The van der Waals surface area contributed by atoms with Crippen molar-refractivity contribution in [2.45, 2.75) is 37.5 Å². The minimum atomic E-state index is -3.19. The number of benzene rings is 1. The van der Waals surface area contributed by atoms with Crippen LogP contribution in [-0.4, -0.2) is 17.0 Å². The van der Waals surface area contributed by atoms with Crippen LogP contribution in [0.25, 0.3) is 0 Å². The Morgan fingerprint density at radius 2 is 1.71 bits per heavy atom. The van der Waals surface area contributed by atoms with E-state index in [4.69, 9.17) is 0 Å². The van der Waals surface area contributed by atoms with E-state index in [0.717, 1.165) is 41.7 Å². The fourth-order valence-electron chi connectivity index (χ4n) is 2.19. The highest BCUT2D eigenvalue weighted by atomic mass is 127. The van der Waals surface area contributed by atoms with E-state index < -0.39 is 15.3 Å². The Labute approximate surface area is 138 Å². The zero-order chi connectivity index (χ0) is 16.3. The maximum absolute atomic E-state index is 13.8. The fourth-order valence-corrected chi connectivity index (χ4v) is 2.60. The average Bonchev–Trinajstić information content (AvgIpc) is 2.38. The van der Waals surface area contributed by atoms with Crippen LogP contribution < -0.4 is 0 Å². The summed E-state index contributed by atoms with van der Waals surface area (Å²) in [5, 5.41) is 0. The van der Waals surface area contributed by atoms with E-state index in [1.54, 1.807) is 12.1 Å². The van der Waals surface area contributed by atoms with Gasteiger partial charge >= 0.3 is 9.90 Å². The van der Waals surface area contributed by atoms with Crippen LogP contribution >= 0.6 is 22.6 Å². The lowest BCUT2D eigenvalue weighted by Crippen LogP contribution is -2.44. The average molecular weight is 410 g/mol. The molecule has 2 nitrogen and oxygen atoms in total. The molecule has 0 heterocycles. The number of esters is 1. The highest BCUT2D eigenvalue weighted by molar-refractivity contribution is 14.1. The smallest absolute Gasteiger partial charge is 0.318 e. The van der Waals surface area contributed by atoms with Crippen LogP contribution in [0.2, 0.25) is 0 Å². The van der Waals surface area contributed by atoms with Crippen LogP contribution in [0.5, 0.6) is 0 Å². The van der Waals surface area contributed by atoms with E-state index in [1.165, 1.54) is 6.92 Å². The topological polar surface area (TPSA) is 26.3 Å². The van der Waals surface area contributed by atoms with Gasteiger partial charge in [0.25, 0.3) is 0 Å². The zero-order valence-electron chi connectivity index (χ0n) is 12.8. The van der Waals surface area contributed by atoms with Crippen molar-refractivity contribution in [1.29, 1.82) is 0 Å². The van der Waals surface area contributed by atoms with E-state index in [0.29, 0.717) is 11.5 Å². The Balaban J connectivity index is 2.97. The number of ether oxygens (including phenoxy) is 1. The van der Waals surface area contributed by atoms with Gasteiger partial charge in [-0.3, -0.25) is 4.79 Å². The summed E-state index contributed by atoms with van der Waals surface area (Å²) in [5.74, 6) is -0.358. The first kappa shape index (κ1) is 18.3. The molecule has 0 saturated heterocycles. The number of methoxy groups -OCH3 is 1. The molecule has 0 aliphatic heterocycles. The van der Waals surface area contributed by atoms with Crippen molar-refractivity contribution in [3.8, 4) is 0 Å². The van der Waals surface area contributed by atoms with Crippen LogP contribution in [-0.2, 0) is 22.4 Å². The third-order valence-electron chi connectivity index (χ3n) is 3.49. The summed E-state index contributed by atoms with van der Waals surface area (Å²) >= 11 is 1.01. The summed E-state index contributed by atoms with van der Waals surface area (Å²) in [4.78, 5) is 11.8. The molecule has 0 amide bonds. The van der Waals surface area contributed by atoms with Gasteiger partial charge in [0.15, 0.2) is 0 Å². The van der Waals surface area contributed by atoms with Crippen molar-refractivity contribution in [2.75, 3.05) is 7.11 Å². The molecule has 0 aromatic heterocycles. The molecule has 1 aromatic rings. The van der Waals surface area contributed by atoms with Gasteiger partial charge in [0.1, 0.15) is 5.41 Å². The van der Waals surface area contributed by atoms with Crippen molar-refractivity contribution >= 4 is 28.6 Å². The summed E-state index contributed by atoms with van der Waals surface area (Å²) in [6.45, 7) is 5.49. The normalized spacial score (nSPS) is 14.9. The molecule has 1 aromatic carbocycles. The number of alkyl halides is 3. The number of rotatable bonds is 6. The molecule has 0 saturated carbocycles. The van der Waals surface area contributed by atoms with Crippen LogP contribution in [0.4, 0.5) is 8.78 Å². The second kappa shape index (κ2) is 7.03. The SMILES string of the molecule is COC(=O)C(C)(Cc1ccc(CC(C)C)cc1)C(F)(F)I. The first-order valence-corrected chi connectivity index (χ1v) is 7.91. The van der Waals surface area contributed by atoms with Gasteiger partial charge in [-0.1, -0.05) is 38.1 Å². The van der Waals surface area contributed by atoms with Gasteiger partial charge in [-0.2, -0.15) is 8.78 Å². The summed E-state index contributed by atoms with van der Waals surface area (Å²) in [6, 6.07) is 7.47. The van der Waals surface area contributed by atoms with E-state index >= 15 is 0 Å². The van der Waals surface area contributed by atoms with Gasteiger partial charge in [0, 0.05) is 0 Å². The molecule has 0 N–H and O–H groups in total. The van der Waals surface area contributed by atoms with Crippen LogP contribution in [0.3, 0.4) is 0 Å². The molecule has 0 bridgehead atoms. The molecule has 1 rings (SSSR count). The van der Waals surface area contributed by atoms with Gasteiger partial charge in [0.05, 0.1) is 7.11 Å². The molecular weight excluding hydrogens is 389 g/mol. The van der Waals surface area contributed by atoms with Crippen LogP contribution in [0.1, 0.15) is 31.9 Å². The third kappa shape index (κ3) is 4.63. The molecule has 21 heavy (non-hydrogen) atoms. The lowest BCUT2D eigenvalue weighted by molar-refractivity contribution is -0.163. The molecule has 1 unspecified atom stereocenters. The maximum Gasteiger partial charge on any atom is 0.318 e. The van der Waals surface area contributed by atoms with Gasteiger partial charge in [-0.05, 0) is 59.4 Å². The summed E-state index contributed by atoms with van der Waals surface area (Å²) in [5.41, 5.74) is -0.0106. The van der Waals surface area contributed by atoms with Crippen molar-refractivity contribution in [1.82, 2.24) is 0 Å². The number of carbonyl (C=O) groups excluding carboxylic acids is 1. The highest BCUT2D eigenvalue weighted by Gasteiger charge is 2.54. The maximum atomic E-state index is 13.8. The second-order valence-corrected chi connectivity index (χ2v) is 7.27. The largest absolute Gasteiger partial charge is 0.468 e. The lowest BCUT2D eigenvalue weighted by Gasteiger charge is -2.31. The van der Waals surface area contributed by atoms with E-state index in [1.807, 2.05) is 12.1 Å². The van der Waals surface area contributed by atoms with Crippen molar-refractivity contribution in [3.05, 3.63) is 35.4 Å². The minimum absolute atomic E-state index is 0.0580. The lowest BCUT2D eigenvalue weighted by atomic mass is 9.83. The number of hydrogen-bond acceptors (Lipinski definition) is 2. The van der Waals surface area contributed by atoms with E-state index in [2.05, 4.69) is 18.6 Å². The first-order chi connectivity index (χ1) is 9.60. The molecule has 118 valence electrons. The third-order valence-corrected chi connectivity index (χ3v) is 4.68. The van der Waals surface area contributed by atoms with Gasteiger partial charge in [-0.25, -0.2) is 0 Å². The van der Waals surface area contributed by atoms with Crippen LogP contribution in [0, 0.1) is 11.3 Å². The Morgan fingerprint density at radius 3 is 2.10 bits per heavy atom. The monoisotopic (exact) mass is 410 g/mol. The number of hydrogen-bond donors (Lipinski definition) is 0. The van der Waals surface area contributed by atoms with Crippen molar-refractivity contribution in [2.24, 2.45) is 11.3 Å². The molecule has 0 radical (unpaired) electrons. The van der Waals surface area contributed by atoms with E-state index in [9.17, 15) is 13.6 Å². The Bertz CT molecular complexity index is 480. The van der Waals surface area contributed by atoms with Gasteiger partial charge in [0.2, 0.25) is 0 Å². The Morgan fingerprint density at radius 1 is 1.24 bits per heavy atom. The van der Waals surface area contributed by atoms with Crippen molar-refractivity contribution < 1.29 is 18.3 Å². The second-order valence-electron chi connectivity index (χ2n) is 5.91. The molecule has 5 heteroatoms. The molecule has 0 spiro atoms. The van der Waals surface area contributed by atoms with Gasteiger partial charge < -0.3 is 4.74 Å². The quantitative estimate of drug-likeness (QED) is 0.388. The fraction of sp³-hybridized carbons (Fsp3) is 0.562. The Kier molecular flexibility index (Phi) is 6.13. The predicted octanol–water partition coefficient (Wildman–Crippen LogP) is 4.63. The Hall–Kier alpha value is -0.720. The molecule has 0 aliphatic rings. The summed E-state index contributed by atoms with van der Waals surface area (Å²) in [6.07, 6.45) is 0.883. The van der Waals surface area contributed by atoms with E-state index in [-0.39, 0.29) is 6.42 Å². The summed E-state index contributed by atoms with van der Waals surface area (Å²) in [7, 11) is 1.13. The predicted molar refractivity (Wildman–Crippen MR) is 87.8 cm³/mol.